The highest BCUT2D eigenvalue weighted by Crippen LogP contribution is 2.29. The maximum absolute atomic E-state index is 13.0. The average molecular weight is 383 g/mol. The minimum Gasteiger partial charge on any atom is -0.378 e. The Balaban J connectivity index is 2.42. The zero-order valence-electron chi connectivity index (χ0n) is 16.7. The Morgan fingerprint density at radius 3 is 2.50 bits per heavy atom. The number of rotatable bonds is 7. The summed E-state index contributed by atoms with van der Waals surface area (Å²) in [6.07, 6.45) is 2.72. The summed E-state index contributed by atoms with van der Waals surface area (Å²) in [4.78, 5) is 36.0. The van der Waals surface area contributed by atoms with Gasteiger partial charge >= 0.3 is 0 Å². The number of anilines is 1. The number of carbonyl (C=O) groups excluding carboxylic acids is 2. The van der Waals surface area contributed by atoms with Gasteiger partial charge in [0, 0.05) is 31.9 Å². The second kappa shape index (κ2) is 9.31. The van der Waals surface area contributed by atoms with Crippen molar-refractivity contribution < 1.29 is 19.7 Å². The van der Waals surface area contributed by atoms with E-state index in [-0.39, 0.29) is 18.8 Å². The van der Waals surface area contributed by atoms with Crippen molar-refractivity contribution in [1.82, 2.24) is 4.90 Å². The lowest BCUT2D eigenvalue weighted by molar-refractivity contribution is -0.242. The zero-order chi connectivity index (χ0) is 20.8. The van der Waals surface area contributed by atoms with Crippen molar-refractivity contribution in [3.8, 4) is 0 Å². The number of benzene rings is 1. The molecule has 2 amide bonds. The molecule has 1 aromatic rings. The molecule has 1 aromatic carbocycles. The fraction of sp³-hybridized carbons (Fsp3) is 0.381. The van der Waals surface area contributed by atoms with Gasteiger partial charge in [0.25, 0.3) is 17.5 Å². The van der Waals surface area contributed by atoms with Crippen molar-refractivity contribution in [3.63, 3.8) is 0 Å². The quantitative estimate of drug-likeness (QED) is 0.195. The summed E-state index contributed by atoms with van der Waals surface area (Å²) in [5, 5.41) is 8.40. The van der Waals surface area contributed by atoms with Gasteiger partial charge in [-0.1, -0.05) is 6.07 Å². The van der Waals surface area contributed by atoms with Gasteiger partial charge < -0.3 is 4.90 Å². The van der Waals surface area contributed by atoms with E-state index in [0.717, 1.165) is 21.7 Å². The Morgan fingerprint density at radius 2 is 1.93 bits per heavy atom. The summed E-state index contributed by atoms with van der Waals surface area (Å²) >= 11 is 0. The first-order chi connectivity index (χ1) is 13.3. The lowest BCUT2D eigenvalue weighted by Gasteiger charge is -2.27. The third-order valence-electron chi connectivity index (χ3n) is 4.73. The summed E-state index contributed by atoms with van der Waals surface area (Å²) in [6.45, 7) is 11.3. The Kier molecular flexibility index (Phi) is 7.10. The standard InChI is InChI=1S/C21H25N3O4/c1-14-12-17(23(4)5)9-8-16(14)13-18-15(2)19(22-3)21(26)24(20(18)25)10-6-7-11-28-27/h8-9,12-13,27H,6-7,10-11H2,1-2,4-5H3. The van der Waals surface area contributed by atoms with Crippen LogP contribution in [0.15, 0.2) is 35.0 Å². The number of imide groups is 1. The summed E-state index contributed by atoms with van der Waals surface area (Å²) in [5.74, 6) is -0.977. The van der Waals surface area contributed by atoms with Gasteiger partial charge in [0.1, 0.15) is 0 Å². The smallest absolute Gasteiger partial charge is 0.260 e. The number of carbonyl (C=O) groups is 2. The summed E-state index contributed by atoms with van der Waals surface area (Å²) in [7, 11) is 3.91. The molecule has 0 saturated carbocycles. The van der Waals surface area contributed by atoms with Gasteiger partial charge in [0.05, 0.1) is 13.2 Å². The number of hydrogen-bond donors (Lipinski definition) is 1. The van der Waals surface area contributed by atoms with Crippen LogP contribution in [0.3, 0.4) is 0 Å². The maximum Gasteiger partial charge on any atom is 0.260 e. The van der Waals surface area contributed by atoms with Crippen LogP contribution in [0.25, 0.3) is 10.9 Å². The van der Waals surface area contributed by atoms with E-state index in [1.54, 1.807) is 13.0 Å². The molecule has 1 aliphatic rings. The SMILES string of the molecule is [C-]#[N+]C1=C(C)C(=Cc2ccc(N(C)C)cc2C)C(=O)N(CCCCOO)C1=O. The van der Waals surface area contributed by atoms with Gasteiger partial charge in [-0.15, -0.1) is 0 Å². The van der Waals surface area contributed by atoms with E-state index in [1.165, 1.54) is 0 Å². The highest BCUT2D eigenvalue weighted by atomic mass is 17.1. The van der Waals surface area contributed by atoms with Gasteiger partial charge in [0.2, 0.25) is 0 Å². The molecule has 0 aromatic heterocycles. The number of unbranched alkanes of at least 4 members (excludes halogenated alkanes) is 1. The van der Waals surface area contributed by atoms with Crippen molar-refractivity contribution in [1.29, 1.82) is 0 Å². The fourth-order valence-corrected chi connectivity index (χ4v) is 3.01. The molecule has 28 heavy (non-hydrogen) atoms. The average Bonchev–Trinajstić information content (AvgIpc) is 2.65. The number of hydrogen-bond acceptors (Lipinski definition) is 5. The molecule has 0 bridgehead atoms. The Labute approximate surface area is 165 Å². The molecule has 2 rings (SSSR count). The topological polar surface area (TPSA) is 74.4 Å². The molecule has 0 spiro atoms. The van der Waals surface area contributed by atoms with Crippen LogP contribution in [0.1, 0.15) is 30.9 Å². The predicted octanol–water partition coefficient (Wildman–Crippen LogP) is 3.28. The first-order valence-corrected chi connectivity index (χ1v) is 9.02. The molecule has 0 saturated heterocycles. The van der Waals surface area contributed by atoms with Crippen molar-refractivity contribution >= 4 is 23.6 Å². The van der Waals surface area contributed by atoms with E-state index in [9.17, 15) is 9.59 Å². The monoisotopic (exact) mass is 383 g/mol. The lowest BCUT2D eigenvalue weighted by Crippen LogP contribution is -2.42. The molecule has 7 nitrogen and oxygen atoms in total. The Bertz CT molecular complexity index is 878. The second-order valence-corrected chi connectivity index (χ2v) is 6.88. The van der Waals surface area contributed by atoms with E-state index in [4.69, 9.17) is 11.8 Å². The van der Waals surface area contributed by atoms with Crippen LogP contribution >= 0.6 is 0 Å². The molecule has 0 atom stereocenters. The van der Waals surface area contributed by atoms with E-state index in [2.05, 4.69) is 9.73 Å². The van der Waals surface area contributed by atoms with Crippen molar-refractivity contribution in [2.24, 2.45) is 0 Å². The van der Waals surface area contributed by atoms with Gasteiger partial charge in [-0.3, -0.25) is 19.7 Å². The molecule has 1 heterocycles. The molecule has 7 heteroatoms. The third-order valence-corrected chi connectivity index (χ3v) is 4.73. The van der Waals surface area contributed by atoms with Gasteiger partial charge in [-0.05, 0) is 61.6 Å². The zero-order valence-corrected chi connectivity index (χ0v) is 16.7. The maximum atomic E-state index is 13.0. The van der Waals surface area contributed by atoms with Crippen LogP contribution in [0.5, 0.6) is 0 Å². The summed E-state index contributed by atoms with van der Waals surface area (Å²) < 4.78 is 0. The highest BCUT2D eigenvalue weighted by Gasteiger charge is 2.35. The van der Waals surface area contributed by atoms with E-state index in [1.807, 2.05) is 44.1 Å². The van der Waals surface area contributed by atoms with Crippen molar-refractivity contribution in [2.75, 3.05) is 32.1 Å². The molecule has 0 fully saturated rings. The predicted molar refractivity (Wildman–Crippen MR) is 107 cm³/mol. The normalized spacial score (nSPS) is 16.0. The number of aryl methyl sites for hydroxylation is 1. The first-order valence-electron chi connectivity index (χ1n) is 9.02. The summed E-state index contributed by atoms with van der Waals surface area (Å²) in [5.41, 5.74) is 3.62. The van der Waals surface area contributed by atoms with E-state index < -0.39 is 11.8 Å². The minimum absolute atomic E-state index is 0.0353. The van der Waals surface area contributed by atoms with Crippen LogP contribution in [0.4, 0.5) is 5.69 Å². The molecule has 0 radical (unpaired) electrons. The molecular weight excluding hydrogens is 358 g/mol. The lowest BCUT2D eigenvalue weighted by atomic mass is 9.95. The first kappa shape index (κ1) is 21.4. The molecule has 1 N–H and O–H groups in total. The molecule has 148 valence electrons. The van der Waals surface area contributed by atoms with E-state index in [0.29, 0.717) is 24.0 Å². The van der Waals surface area contributed by atoms with Crippen LogP contribution in [0.2, 0.25) is 0 Å². The van der Waals surface area contributed by atoms with Crippen LogP contribution < -0.4 is 4.90 Å². The number of nitrogens with zero attached hydrogens (tertiary/aromatic N) is 3. The van der Waals surface area contributed by atoms with Crippen LogP contribution in [-0.2, 0) is 14.5 Å². The van der Waals surface area contributed by atoms with Gasteiger partial charge in [0.15, 0.2) is 0 Å². The van der Waals surface area contributed by atoms with Gasteiger partial charge in [-0.25, -0.2) is 9.73 Å². The molecular formula is C21H25N3O4. The Hall–Kier alpha value is -2.95. The van der Waals surface area contributed by atoms with Gasteiger partial charge in [-0.2, -0.15) is 0 Å². The third kappa shape index (κ3) is 4.47. The fourth-order valence-electron chi connectivity index (χ4n) is 3.01. The largest absolute Gasteiger partial charge is 0.378 e. The van der Waals surface area contributed by atoms with Crippen LogP contribution in [0, 0.1) is 13.5 Å². The highest BCUT2D eigenvalue weighted by molar-refractivity contribution is 6.19. The minimum atomic E-state index is -0.570. The van der Waals surface area contributed by atoms with Crippen molar-refractivity contribution in [2.45, 2.75) is 26.7 Å². The molecule has 1 aliphatic heterocycles. The Morgan fingerprint density at radius 1 is 1.21 bits per heavy atom. The molecule has 0 unspecified atom stereocenters. The second-order valence-electron chi connectivity index (χ2n) is 6.88. The summed E-state index contributed by atoms with van der Waals surface area (Å²) in [6, 6.07) is 5.90. The molecule has 0 aliphatic carbocycles. The van der Waals surface area contributed by atoms with Crippen molar-refractivity contribution in [3.05, 3.63) is 57.6 Å². The number of amides is 2. The van der Waals surface area contributed by atoms with Crippen LogP contribution in [-0.4, -0.2) is 49.2 Å². The van der Waals surface area contributed by atoms with E-state index >= 15 is 0 Å².